The van der Waals surface area contributed by atoms with Crippen LogP contribution in [0.15, 0.2) is 11.6 Å². The lowest BCUT2D eigenvalue weighted by Gasteiger charge is -2.10. The van der Waals surface area contributed by atoms with Crippen LogP contribution >= 0.6 is 11.3 Å². The van der Waals surface area contributed by atoms with Crippen LogP contribution in [-0.4, -0.2) is 27.0 Å². The maximum Gasteiger partial charge on any atom is 0.163 e. The maximum atomic E-state index is 10.2. The number of aliphatic hydroxyl groups excluding tert-OH is 1. The van der Waals surface area contributed by atoms with Crippen LogP contribution < -0.4 is 4.74 Å². The number of methoxy groups -OCH3 is 1. The van der Waals surface area contributed by atoms with Crippen LogP contribution in [0.25, 0.3) is 0 Å². The monoisotopic (exact) mass is 239 g/mol. The van der Waals surface area contributed by atoms with E-state index in [9.17, 15) is 5.11 Å². The van der Waals surface area contributed by atoms with Crippen molar-refractivity contribution in [3.63, 3.8) is 0 Å². The van der Waals surface area contributed by atoms with Crippen molar-refractivity contribution in [2.75, 3.05) is 7.11 Å². The number of aryl methyl sites for hydroxylation is 2. The number of ether oxygens (including phenoxy) is 1. The summed E-state index contributed by atoms with van der Waals surface area (Å²) in [5.74, 6) is 0.570. The third kappa shape index (κ3) is 1.81. The first-order valence-electron chi connectivity index (χ1n) is 4.79. The highest BCUT2D eigenvalue weighted by Gasteiger charge is 2.21. The summed E-state index contributed by atoms with van der Waals surface area (Å²) >= 11 is 1.51. The number of aliphatic hydroxyl groups is 1. The smallest absolute Gasteiger partial charge is 0.163 e. The van der Waals surface area contributed by atoms with Gasteiger partial charge in [-0.25, -0.2) is 4.98 Å². The van der Waals surface area contributed by atoms with E-state index >= 15 is 0 Å². The Morgan fingerprint density at radius 2 is 2.31 bits per heavy atom. The van der Waals surface area contributed by atoms with Crippen molar-refractivity contribution in [1.29, 1.82) is 0 Å². The molecule has 0 radical (unpaired) electrons. The molecule has 5 nitrogen and oxygen atoms in total. The molecule has 0 saturated heterocycles. The van der Waals surface area contributed by atoms with E-state index in [2.05, 4.69) is 10.1 Å². The maximum absolute atomic E-state index is 10.2. The first-order chi connectivity index (χ1) is 7.63. The highest BCUT2D eigenvalue weighted by molar-refractivity contribution is 7.09. The third-order valence-electron chi connectivity index (χ3n) is 2.35. The molecular weight excluding hydrogens is 226 g/mol. The molecule has 0 saturated carbocycles. The summed E-state index contributed by atoms with van der Waals surface area (Å²) in [5, 5.41) is 17.0. The van der Waals surface area contributed by atoms with Crippen molar-refractivity contribution in [2.45, 2.75) is 13.0 Å². The first-order valence-corrected chi connectivity index (χ1v) is 5.67. The number of thiazole rings is 1. The first kappa shape index (κ1) is 11.1. The van der Waals surface area contributed by atoms with Gasteiger partial charge >= 0.3 is 0 Å². The molecule has 0 aliphatic rings. The Bertz CT molecular complexity index is 492. The van der Waals surface area contributed by atoms with E-state index in [1.807, 2.05) is 12.3 Å². The fraction of sp³-hybridized carbons (Fsp3) is 0.400. The molecule has 2 aromatic rings. The highest BCUT2D eigenvalue weighted by atomic mass is 32.1. The largest absolute Gasteiger partial charge is 0.493 e. The zero-order chi connectivity index (χ0) is 11.7. The van der Waals surface area contributed by atoms with Crippen LogP contribution in [-0.2, 0) is 7.05 Å². The molecule has 0 aliphatic heterocycles. The molecule has 0 fully saturated rings. The molecule has 0 bridgehead atoms. The minimum absolute atomic E-state index is 0.570. The predicted molar refractivity (Wildman–Crippen MR) is 60.7 cm³/mol. The van der Waals surface area contributed by atoms with Gasteiger partial charge in [0.1, 0.15) is 11.8 Å². The zero-order valence-electron chi connectivity index (χ0n) is 9.34. The minimum atomic E-state index is -0.799. The van der Waals surface area contributed by atoms with Gasteiger partial charge in [0.05, 0.1) is 24.0 Å². The summed E-state index contributed by atoms with van der Waals surface area (Å²) in [6.45, 7) is 1.90. The van der Waals surface area contributed by atoms with Gasteiger partial charge in [0.15, 0.2) is 5.75 Å². The average Bonchev–Trinajstić information content (AvgIpc) is 2.83. The number of nitrogens with zero attached hydrogens (tertiary/aromatic N) is 3. The number of aromatic nitrogens is 3. The lowest BCUT2D eigenvalue weighted by atomic mass is 10.2. The summed E-state index contributed by atoms with van der Waals surface area (Å²) in [6.07, 6.45) is 0.782. The Balaban J connectivity index is 2.40. The van der Waals surface area contributed by atoms with E-state index in [0.717, 1.165) is 5.01 Å². The van der Waals surface area contributed by atoms with Crippen molar-refractivity contribution in [1.82, 2.24) is 14.8 Å². The molecule has 16 heavy (non-hydrogen) atoms. The molecule has 1 unspecified atom stereocenters. The summed E-state index contributed by atoms with van der Waals surface area (Å²) in [7, 11) is 3.32. The van der Waals surface area contributed by atoms with Crippen molar-refractivity contribution in [3.05, 3.63) is 28.0 Å². The van der Waals surface area contributed by atoms with E-state index in [4.69, 9.17) is 4.74 Å². The van der Waals surface area contributed by atoms with Crippen molar-refractivity contribution in [3.8, 4) is 5.75 Å². The second kappa shape index (κ2) is 4.23. The molecule has 1 atom stereocenters. The van der Waals surface area contributed by atoms with Crippen LogP contribution in [0.5, 0.6) is 5.75 Å². The standard InChI is InChI=1S/C10H13N3O2S/c1-6-12-7(5-16-6)10(14)9-8(15-3)4-11-13(9)2/h4-5,10,14H,1-3H3. The van der Waals surface area contributed by atoms with E-state index < -0.39 is 6.10 Å². The number of rotatable bonds is 3. The fourth-order valence-corrected chi connectivity index (χ4v) is 2.17. The number of hydrogen-bond acceptors (Lipinski definition) is 5. The molecule has 2 aromatic heterocycles. The Hall–Kier alpha value is -1.40. The summed E-state index contributed by atoms with van der Waals surface area (Å²) < 4.78 is 6.74. The molecule has 0 aromatic carbocycles. The number of hydrogen-bond donors (Lipinski definition) is 1. The fourth-order valence-electron chi connectivity index (χ4n) is 1.54. The summed E-state index contributed by atoms with van der Waals surface area (Å²) in [6, 6.07) is 0. The van der Waals surface area contributed by atoms with Crippen LogP contribution in [0.4, 0.5) is 0 Å². The normalized spacial score (nSPS) is 12.8. The van der Waals surface area contributed by atoms with Crippen LogP contribution in [0.2, 0.25) is 0 Å². The molecule has 86 valence electrons. The average molecular weight is 239 g/mol. The Morgan fingerprint density at radius 3 is 2.88 bits per heavy atom. The van der Waals surface area contributed by atoms with Crippen LogP contribution in [0.1, 0.15) is 22.5 Å². The van der Waals surface area contributed by atoms with Crippen molar-refractivity contribution >= 4 is 11.3 Å². The van der Waals surface area contributed by atoms with Gasteiger partial charge in [0.25, 0.3) is 0 Å². The second-order valence-corrected chi connectivity index (χ2v) is 4.48. The van der Waals surface area contributed by atoms with Crippen molar-refractivity contribution in [2.24, 2.45) is 7.05 Å². The van der Waals surface area contributed by atoms with Crippen LogP contribution in [0.3, 0.4) is 0 Å². The van der Waals surface area contributed by atoms with Gasteiger partial charge < -0.3 is 9.84 Å². The molecular formula is C10H13N3O2S. The molecule has 2 heterocycles. The molecule has 1 N–H and O–H groups in total. The molecule has 0 aliphatic carbocycles. The molecule has 6 heteroatoms. The quantitative estimate of drug-likeness (QED) is 0.876. The summed E-state index contributed by atoms with van der Waals surface area (Å²) in [5.41, 5.74) is 1.25. The van der Waals surface area contributed by atoms with Gasteiger partial charge in [0.2, 0.25) is 0 Å². The molecule has 0 spiro atoms. The topological polar surface area (TPSA) is 60.2 Å². The van der Waals surface area contributed by atoms with Gasteiger partial charge in [-0.3, -0.25) is 4.68 Å². The van der Waals surface area contributed by atoms with Gasteiger partial charge in [-0.2, -0.15) is 5.10 Å². The minimum Gasteiger partial charge on any atom is -0.493 e. The van der Waals surface area contributed by atoms with E-state index in [1.165, 1.54) is 11.3 Å². The SMILES string of the molecule is COc1cnn(C)c1C(O)c1csc(C)n1. The predicted octanol–water partition coefficient (Wildman–Crippen LogP) is 1.28. The van der Waals surface area contributed by atoms with E-state index in [1.54, 1.807) is 25.0 Å². The van der Waals surface area contributed by atoms with Gasteiger partial charge in [-0.05, 0) is 6.92 Å². The second-order valence-electron chi connectivity index (χ2n) is 3.42. The van der Waals surface area contributed by atoms with Gasteiger partial charge in [-0.1, -0.05) is 0 Å². The Labute approximate surface area is 97.3 Å². The van der Waals surface area contributed by atoms with E-state index in [-0.39, 0.29) is 0 Å². The summed E-state index contributed by atoms with van der Waals surface area (Å²) in [4.78, 5) is 4.25. The van der Waals surface area contributed by atoms with Crippen molar-refractivity contribution < 1.29 is 9.84 Å². The third-order valence-corrected chi connectivity index (χ3v) is 3.14. The Kier molecular flexibility index (Phi) is 2.93. The zero-order valence-corrected chi connectivity index (χ0v) is 10.2. The lowest BCUT2D eigenvalue weighted by Crippen LogP contribution is -2.08. The van der Waals surface area contributed by atoms with Crippen LogP contribution in [0, 0.1) is 6.92 Å². The van der Waals surface area contributed by atoms with Gasteiger partial charge in [0, 0.05) is 12.4 Å². The molecule has 2 rings (SSSR count). The van der Waals surface area contributed by atoms with E-state index in [0.29, 0.717) is 17.1 Å². The highest BCUT2D eigenvalue weighted by Crippen LogP contribution is 2.29. The Morgan fingerprint density at radius 1 is 1.56 bits per heavy atom. The lowest BCUT2D eigenvalue weighted by molar-refractivity contribution is 0.200. The molecule has 0 amide bonds. The van der Waals surface area contributed by atoms with Gasteiger partial charge in [-0.15, -0.1) is 11.3 Å².